The number of β-amino-alcohol motifs (C(OH)–C–C–N with tert-alkyl or cyclic N) is 1. The van der Waals surface area contributed by atoms with Gasteiger partial charge in [-0.2, -0.15) is 5.10 Å². The van der Waals surface area contributed by atoms with Gasteiger partial charge in [0, 0.05) is 36.9 Å². The van der Waals surface area contributed by atoms with Gasteiger partial charge in [-0.1, -0.05) is 12.1 Å². The molecule has 22 heavy (non-hydrogen) atoms. The van der Waals surface area contributed by atoms with Gasteiger partial charge >= 0.3 is 0 Å². The molecule has 1 N–H and O–H groups in total. The fourth-order valence-corrected chi connectivity index (χ4v) is 3.09. The molecule has 1 saturated heterocycles. The van der Waals surface area contributed by atoms with Crippen LogP contribution in [0.2, 0.25) is 0 Å². The van der Waals surface area contributed by atoms with Crippen LogP contribution in [0.25, 0.3) is 0 Å². The van der Waals surface area contributed by atoms with Crippen LogP contribution in [0.4, 0.5) is 4.39 Å². The SMILES string of the molecule is CC(C)n1cc(CN2C[C@@H](O)C[C@H]2c2cccc(F)c2)cn1. The smallest absolute Gasteiger partial charge is 0.123 e. The fourth-order valence-electron chi connectivity index (χ4n) is 3.09. The molecule has 2 atom stereocenters. The molecule has 0 spiro atoms. The molecule has 0 saturated carbocycles. The van der Waals surface area contributed by atoms with Crippen LogP contribution in [-0.2, 0) is 6.54 Å². The quantitative estimate of drug-likeness (QED) is 0.944. The second kappa shape index (κ2) is 6.18. The number of hydrogen-bond acceptors (Lipinski definition) is 3. The van der Waals surface area contributed by atoms with Gasteiger partial charge in [0.2, 0.25) is 0 Å². The maximum atomic E-state index is 13.5. The Morgan fingerprint density at radius 3 is 2.91 bits per heavy atom. The molecule has 0 radical (unpaired) electrons. The van der Waals surface area contributed by atoms with Crippen LogP contribution in [0.15, 0.2) is 36.7 Å². The average Bonchev–Trinajstić information content (AvgIpc) is 3.06. The number of likely N-dealkylation sites (tertiary alicyclic amines) is 1. The lowest BCUT2D eigenvalue weighted by Gasteiger charge is -2.24. The summed E-state index contributed by atoms with van der Waals surface area (Å²) in [6.07, 6.45) is 4.18. The van der Waals surface area contributed by atoms with Crippen molar-refractivity contribution in [2.45, 2.75) is 45.0 Å². The molecule has 5 heteroatoms. The Hall–Kier alpha value is -1.72. The topological polar surface area (TPSA) is 41.3 Å². The summed E-state index contributed by atoms with van der Waals surface area (Å²) < 4.78 is 15.4. The van der Waals surface area contributed by atoms with Gasteiger partial charge in [0.05, 0.1) is 12.3 Å². The summed E-state index contributed by atoms with van der Waals surface area (Å²) in [4.78, 5) is 2.20. The molecule has 0 bridgehead atoms. The zero-order valence-electron chi connectivity index (χ0n) is 13.0. The molecule has 4 nitrogen and oxygen atoms in total. The molecule has 0 unspecified atom stereocenters. The number of nitrogens with zero attached hydrogens (tertiary/aromatic N) is 3. The van der Waals surface area contributed by atoms with Crippen LogP contribution in [0.1, 0.15) is 43.5 Å². The Balaban J connectivity index is 1.78. The monoisotopic (exact) mass is 303 g/mol. The van der Waals surface area contributed by atoms with Crippen LogP contribution in [0, 0.1) is 5.82 Å². The maximum absolute atomic E-state index is 13.5. The Kier molecular flexibility index (Phi) is 4.27. The third-order valence-electron chi connectivity index (χ3n) is 4.18. The Bertz CT molecular complexity index is 640. The van der Waals surface area contributed by atoms with E-state index in [0.29, 0.717) is 25.6 Å². The number of rotatable bonds is 4. The van der Waals surface area contributed by atoms with E-state index in [2.05, 4.69) is 23.8 Å². The number of aliphatic hydroxyl groups is 1. The van der Waals surface area contributed by atoms with Crippen molar-refractivity contribution >= 4 is 0 Å². The molecule has 118 valence electrons. The van der Waals surface area contributed by atoms with Crippen LogP contribution < -0.4 is 0 Å². The van der Waals surface area contributed by atoms with Crippen molar-refractivity contribution in [2.75, 3.05) is 6.54 Å². The summed E-state index contributed by atoms with van der Waals surface area (Å²) >= 11 is 0. The first kappa shape index (κ1) is 15.2. The normalized spacial score (nSPS) is 22.6. The van der Waals surface area contributed by atoms with Crippen LogP contribution >= 0.6 is 0 Å². The average molecular weight is 303 g/mol. The standard InChI is InChI=1S/C17H22FN3O/c1-12(2)21-10-13(8-19-21)9-20-11-16(22)7-17(20)14-4-3-5-15(18)6-14/h3-6,8,10,12,16-17,22H,7,9,11H2,1-2H3/t16-,17-/m0/s1. The number of aliphatic hydroxyl groups excluding tert-OH is 1. The van der Waals surface area contributed by atoms with Gasteiger partial charge in [-0.15, -0.1) is 0 Å². The van der Waals surface area contributed by atoms with Gasteiger partial charge in [0.15, 0.2) is 0 Å². The number of aromatic nitrogens is 2. The highest BCUT2D eigenvalue weighted by molar-refractivity contribution is 5.22. The summed E-state index contributed by atoms with van der Waals surface area (Å²) in [6, 6.07) is 7.05. The van der Waals surface area contributed by atoms with Crippen molar-refractivity contribution in [2.24, 2.45) is 0 Å². The lowest BCUT2D eigenvalue weighted by atomic mass is 10.0. The summed E-state index contributed by atoms with van der Waals surface area (Å²) in [5, 5.41) is 14.4. The van der Waals surface area contributed by atoms with Crippen molar-refractivity contribution in [1.29, 1.82) is 0 Å². The van der Waals surface area contributed by atoms with Crippen LogP contribution in [-0.4, -0.2) is 32.4 Å². The number of hydrogen-bond donors (Lipinski definition) is 1. The molecule has 2 aromatic rings. The third-order valence-corrected chi connectivity index (χ3v) is 4.18. The van der Waals surface area contributed by atoms with E-state index in [4.69, 9.17) is 0 Å². The second-order valence-electron chi connectivity index (χ2n) is 6.31. The zero-order chi connectivity index (χ0) is 15.7. The summed E-state index contributed by atoms with van der Waals surface area (Å²) in [7, 11) is 0. The number of benzene rings is 1. The Labute approximate surface area is 130 Å². The highest BCUT2D eigenvalue weighted by Gasteiger charge is 2.32. The van der Waals surface area contributed by atoms with E-state index in [0.717, 1.165) is 11.1 Å². The van der Waals surface area contributed by atoms with E-state index in [9.17, 15) is 9.50 Å². The van der Waals surface area contributed by atoms with Gasteiger partial charge in [-0.05, 0) is 38.0 Å². The lowest BCUT2D eigenvalue weighted by molar-refractivity contribution is 0.172. The van der Waals surface area contributed by atoms with Gasteiger partial charge in [0.25, 0.3) is 0 Å². The third kappa shape index (κ3) is 3.20. The highest BCUT2D eigenvalue weighted by atomic mass is 19.1. The van der Waals surface area contributed by atoms with Crippen molar-refractivity contribution < 1.29 is 9.50 Å². The molecule has 3 rings (SSSR count). The maximum Gasteiger partial charge on any atom is 0.123 e. The molecule has 1 aromatic heterocycles. The summed E-state index contributed by atoms with van der Waals surface area (Å²) in [5.74, 6) is -0.230. The molecule has 1 aliphatic rings. The van der Waals surface area contributed by atoms with E-state index in [1.165, 1.54) is 6.07 Å². The van der Waals surface area contributed by atoms with Crippen molar-refractivity contribution in [3.63, 3.8) is 0 Å². The fraction of sp³-hybridized carbons (Fsp3) is 0.471. The van der Waals surface area contributed by atoms with E-state index in [1.807, 2.05) is 23.1 Å². The molecule has 1 aromatic carbocycles. The Morgan fingerprint density at radius 1 is 1.41 bits per heavy atom. The molecule has 1 aliphatic heterocycles. The van der Waals surface area contributed by atoms with Crippen LogP contribution in [0.3, 0.4) is 0 Å². The highest BCUT2D eigenvalue weighted by Crippen LogP contribution is 2.33. The van der Waals surface area contributed by atoms with Gasteiger partial charge in [-0.25, -0.2) is 4.39 Å². The molecule has 2 heterocycles. The van der Waals surface area contributed by atoms with E-state index >= 15 is 0 Å². The van der Waals surface area contributed by atoms with Gasteiger partial charge in [-0.3, -0.25) is 9.58 Å². The largest absolute Gasteiger partial charge is 0.392 e. The van der Waals surface area contributed by atoms with E-state index < -0.39 is 0 Å². The first-order chi connectivity index (χ1) is 10.5. The van der Waals surface area contributed by atoms with E-state index in [-0.39, 0.29) is 18.0 Å². The van der Waals surface area contributed by atoms with Gasteiger partial charge < -0.3 is 5.11 Å². The predicted octanol–water partition coefficient (Wildman–Crippen LogP) is 2.91. The summed E-state index contributed by atoms with van der Waals surface area (Å²) in [6.45, 7) is 5.50. The minimum Gasteiger partial charge on any atom is -0.392 e. The van der Waals surface area contributed by atoms with E-state index in [1.54, 1.807) is 12.1 Å². The molecule has 1 fully saturated rings. The molecule has 0 aliphatic carbocycles. The first-order valence-electron chi connectivity index (χ1n) is 7.73. The molecular weight excluding hydrogens is 281 g/mol. The van der Waals surface area contributed by atoms with Gasteiger partial charge in [0.1, 0.15) is 5.82 Å². The minimum atomic E-state index is -0.367. The number of halogens is 1. The Morgan fingerprint density at radius 2 is 2.23 bits per heavy atom. The van der Waals surface area contributed by atoms with Crippen molar-refractivity contribution in [3.05, 3.63) is 53.6 Å². The minimum absolute atomic E-state index is 0.0492. The molecule has 0 amide bonds. The van der Waals surface area contributed by atoms with Crippen LogP contribution in [0.5, 0.6) is 0 Å². The second-order valence-corrected chi connectivity index (χ2v) is 6.31. The van der Waals surface area contributed by atoms with Crippen molar-refractivity contribution in [1.82, 2.24) is 14.7 Å². The predicted molar refractivity (Wildman–Crippen MR) is 82.8 cm³/mol. The molecular formula is C17H22FN3O. The van der Waals surface area contributed by atoms with Crippen molar-refractivity contribution in [3.8, 4) is 0 Å². The lowest BCUT2D eigenvalue weighted by Crippen LogP contribution is -2.24. The first-order valence-corrected chi connectivity index (χ1v) is 7.73. The summed E-state index contributed by atoms with van der Waals surface area (Å²) in [5.41, 5.74) is 2.04. The zero-order valence-corrected chi connectivity index (χ0v) is 13.0.